The van der Waals surface area contributed by atoms with Gasteiger partial charge in [-0.2, -0.15) is 0 Å². The van der Waals surface area contributed by atoms with Crippen molar-refractivity contribution in [3.8, 4) is 5.75 Å². The van der Waals surface area contributed by atoms with E-state index < -0.39 is 4.92 Å². The number of aromatic nitrogens is 1. The number of fused-ring (bicyclic) bond motifs is 1. The summed E-state index contributed by atoms with van der Waals surface area (Å²) in [4.78, 5) is 31.8. The maximum atomic E-state index is 13.9. The number of aliphatic imine (C=N–C) groups is 1. The summed E-state index contributed by atoms with van der Waals surface area (Å²) in [5.41, 5.74) is 5.72. The molecule has 0 spiro atoms. The number of nitro benzene ring substituents is 1. The fourth-order valence-corrected chi connectivity index (χ4v) is 6.12. The van der Waals surface area contributed by atoms with E-state index in [0.29, 0.717) is 23.2 Å². The van der Waals surface area contributed by atoms with E-state index in [1.165, 1.54) is 23.9 Å². The highest BCUT2D eigenvalue weighted by atomic mass is 32.2. The zero-order valence-electron chi connectivity index (χ0n) is 23.6. The summed E-state index contributed by atoms with van der Waals surface area (Å²) >= 11 is 1.37. The molecule has 1 aromatic heterocycles. The zero-order chi connectivity index (χ0) is 29.9. The predicted octanol–water partition coefficient (Wildman–Crippen LogP) is 7.72. The third-order valence-electron chi connectivity index (χ3n) is 7.41. The van der Waals surface area contributed by atoms with Crippen molar-refractivity contribution in [1.29, 1.82) is 0 Å². The van der Waals surface area contributed by atoms with Crippen LogP contribution in [-0.4, -0.2) is 32.6 Å². The number of thioether (sulfide) groups is 1. The van der Waals surface area contributed by atoms with Gasteiger partial charge < -0.3 is 9.30 Å². The minimum absolute atomic E-state index is 0.0622. The van der Waals surface area contributed by atoms with Crippen molar-refractivity contribution in [1.82, 2.24) is 9.47 Å². The number of rotatable bonds is 8. The number of non-ortho nitro benzene ring substituents is 1. The number of carbonyl (C=O) groups excluding carboxylic acids is 1. The molecule has 214 valence electrons. The Morgan fingerprint density at radius 2 is 1.53 bits per heavy atom. The molecule has 8 nitrogen and oxygen atoms in total. The van der Waals surface area contributed by atoms with Crippen LogP contribution < -0.4 is 4.74 Å². The van der Waals surface area contributed by atoms with Crippen LogP contribution in [0.2, 0.25) is 0 Å². The van der Waals surface area contributed by atoms with Crippen LogP contribution in [-0.2, 0) is 17.9 Å². The molecule has 5 aromatic rings. The molecule has 0 unspecified atom stereocenters. The SMILES string of the molecule is COc1ccc(CN2C(=O)/C(=C\c3c(C)n(Cc4ccc([N+](=O)[O-])cc4)c4ccccc34)SC2=Nc2ccccc2)cc1. The Kier molecular flexibility index (Phi) is 7.81. The molecule has 6 rings (SSSR count). The Morgan fingerprint density at radius 1 is 0.884 bits per heavy atom. The van der Waals surface area contributed by atoms with Crippen molar-refractivity contribution < 1.29 is 14.5 Å². The van der Waals surface area contributed by atoms with E-state index in [4.69, 9.17) is 9.73 Å². The summed E-state index contributed by atoms with van der Waals surface area (Å²) in [6.07, 6.45) is 1.96. The van der Waals surface area contributed by atoms with Crippen LogP contribution in [0.3, 0.4) is 0 Å². The number of amidine groups is 1. The van der Waals surface area contributed by atoms with Gasteiger partial charge >= 0.3 is 0 Å². The third-order valence-corrected chi connectivity index (χ3v) is 8.42. The maximum absolute atomic E-state index is 13.9. The van der Waals surface area contributed by atoms with Crippen LogP contribution in [0.4, 0.5) is 11.4 Å². The van der Waals surface area contributed by atoms with Gasteiger partial charge in [-0.25, -0.2) is 4.99 Å². The summed E-state index contributed by atoms with van der Waals surface area (Å²) in [5, 5.41) is 12.8. The fourth-order valence-electron chi connectivity index (χ4n) is 5.14. The van der Waals surface area contributed by atoms with Gasteiger partial charge in [0.1, 0.15) is 5.75 Å². The fraction of sp³-hybridized carbons (Fsp3) is 0.118. The highest BCUT2D eigenvalue weighted by Gasteiger charge is 2.34. The number of nitro groups is 1. The number of ether oxygens (including phenoxy) is 1. The van der Waals surface area contributed by atoms with E-state index in [9.17, 15) is 14.9 Å². The lowest BCUT2D eigenvalue weighted by Crippen LogP contribution is -2.28. The average molecular weight is 589 g/mol. The monoisotopic (exact) mass is 588 g/mol. The van der Waals surface area contributed by atoms with Gasteiger partial charge in [-0.05, 0) is 66.2 Å². The summed E-state index contributed by atoms with van der Waals surface area (Å²) < 4.78 is 7.48. The first-order valence-electron chi connectivity index (χ1n) is 13.7. The second-order valence-electron chi connectivity index (χ2n) is 10.1. The Hall–Kier alpha value is -5.15. The number of para-hydroxylation sites is 2. The molecule has 0 N–H and O–H groups in total. The topological polar surface area (TPSA) is 90.0 Å². The van der Waals surface area contributed by atoms with E-state index >= 15 is 0 Å². The molecule has 4 aromatic carbocycles. The van der Waals surface area contributed by atoms with Crippen LogP contribution >= 0.6 is 11.8 Å². The number of amides is 1. The lowest BCUT2D eigenvalue weighted by molar-refractivity contribution is -0.384. The standard InChI is InChI=1S/C34H28N4O4S/c1-23-30(29-10-6-7-11-31(29)36(23)21-24-12-16-27(17-13-24)38(40)41)20-32-33(39)37(22-25-14-18-28(42-2)19-15-25)34(43-32)35-26-8-4-3-5-9-26/h3-20H,21-22H2,1-2H3/b32-20+,35-34?. The molecule has 1 saturated heterocycles. The second-order valence-corrected chi connectivity index (χ2v) is 11.1. The molecule has 0 bridgehead atoms. The summed E-state index contributed by atoms with van der Waals surface area (Å²) in [5.74, 6) is 0.646. The molecule has 0 saturated carbocycles. The first-order chi connectivity index (χ1) is 20.9. The molecule has 1 fully saturated rings. The largest absolute Gasteiger partial charge is 0.497 e. The lowest BCUT2D eigenvalue weighted by atomic mass is 10.1. The number of hydrogen-bond donors (Lipinski definition) is 0. The molecule has 1 aliphatic rings. The van der Waals surface area contributed by atoms with E-state index in [0.717, 1.165) is 44.7 Å². The van der Waals surface area contributed by atoms with Gasteiger partial charge in [0.25, 0.3) is 11.6 Å². The first-order valence-corrected chi connectivity index (χ1v) is 14.5. The molecule has 43 heavy (non-hydrogen) atoms. The zero-order valence-corrected chi connectivity index (χ0v) is 24.5. The molecular formula is C34H28N4O4S. The molecule has 2 heterocycles. The van der Waals surface area contributed by atoms with Gasteiger partial charge in [-0.1, -0.05) is 60.7 Å². The first kappa shape index (κ1) is 28.0. The van der Waals surface area contributed by atoms with Gasteiger partial charge in [0.15, 0.2) is 5.17 Å². The van der Waals surface area contributed by atoms with Gasteiger partial charge in [0.05, 0.1) is 29.2 Å². The van der Waals surface area contributed by atoms with E-state index in [2.05, 4.69) is 16.7 Å². The highest BCUT2D eigenvalue weighted by Crippen LogP contribution is 2.38. The summed E-state index contributed by atoms with van der Waals surface area (Å²) in [7, 11) is 1.63. The summed E-state index contributed by atoms with van der Waals surface area (Å²) in [6, 6.07) is 32.0. The maximum Gasteiger partial charge on any atom is 0.269 e. The molecular weight excluding hydrogens is 560 g/mol. The minimum atomic E-state index is -0.395. The Bertz CT molecular complexity index is 1880. The normalized spacial score (nSPS) is 15.1. The van der Waals surface area contributed by atoms with Gasteiger partial charge in [-0.3, -0.25) is 19.8 Å². The van der Waals surface area contributed by atoms with Gasteiger partial charge in [-0.15, -0.1) is 0 Å². The minimum Gasteiger partial charge on any atom is -0.497 e. The quantitative estimate of drug-likeness (QED) is 0.105. The van der Waals surface area contributed by atoms with Crippen molar-refractivity contribution in [2.45, 2.75) is 20.0 Å². The summed E-state index contributed by atoms with van der Waals surface area (Å²) in [6.45, 7) is 2.95. The predicted molar refractivity (Wildman–Crippen MR) is 172 cm³/mol. The van der Waals surface area contributed by atoms with Crippen LogP contribution in [0.5, 0.6) is 5.75 Å². The van der Waals surface area contributed by atoms with Crippen molar-refractivity contribution in [2.24, 2.45) is 4.99 Å². The van der Waals surface area contributed by atoms with Crippen molar-refractivity contribution in [2.75, 3.05) is 7.11 Å². The number of methoxy groups -OCH3 is 1. The Balaban J connectivity index is 1.38. The van der Waals surface area contributed by atoms with Crippen LogP contribution in [0.15, 0.2) is 113 Å². The molecule has 1 aliphatic heterocycles. The van der Waals surface area contributed by atoms with Gasteiger partial charge in [0.2, 0.25) is 0 Å². The number of nitrogens with zero attached hydrogens (tertiary/aromatic N) is 4. The van der Waals surface area contributed by atoms with E-state index in [1.54, 1.807) is 24.1 Å². The van der Waals surface area contributed by atoms with Crippen LogP contribution in [0, 0.1) is 17.0 Å². The smallest absolute Gasteiger partial charge is 0.269 e. The van der Waals surface area contributed by atoms with Crippen LogP contribution in [0.1, 0.15) is 22.4 Å². The number of carbonyl (C=O) groups is 1. The number of benzene rings is 4. The second kappa shape index (κ2) is 12.0. The van der Waals surface area contributed by atoms with Crippen molar-refractivity contribution >= 4 is 51.2 Å². The molecule has 9 heteroatoms. The van der Waals surface area contributed by atoms with Crippen molar-refractivity contribution in [3.05, 3.63) is 141 Å². The third kappa shape index (κ3) is 5.80. The van der Waals surface area contributed by atoms with Crippen molar-refractivity contribution in [3.63, 3.8) is 0 Å². The lowest BCUT2D eigenvalue weighted by Gasteiger charge is -2.16. The Morgan fingerprint density at radius 3 is 2.23 bits per heavy atom. The molecule has 1 amide bonds. The molecule has 0 aliphatic carbocycles. The molecule has 0 radical (unpaired) electrons. The highest BCUT2D eigenvalue weighted by molar-refractivity contribution is 8.18. The Labute approximate surface area is 253 Å². The molecule has 0 atom stereocenters. The van der Waals surface area contributed by atoms with Gasteiger partial charge in [0, 0.05) is 40.8 Å². The van der Waals surface area contributed by atoms with E-state index in [1.807, 2.05) is 79.7 Å². The number of hydrogen-bond acceptors (Lipinski definition) is 6. The average Bonchev–Trinajstić information content (AvgIpc) is 3.46. The van der Waals surface area contributed by atoms with Crippen LogP contribution in [0.25, 0.3) is 17.0 Å². The van der Waals surface area contributed by atoms with E-state index in [-0.39, 0.29) is 11.6 Å².